The lowest BCUT2D eigenvalue weighted by Crippen LogP contribution is -2.34. The minimum absolute atomic E-state index is 0.0211. The van der Waals surface area contributed by atoms with Crippen molar-refractivity contribution in [3.8, 4) is 5.75 Å². The number of amides is 3. The first-order valence-electron chi connectivity index (χ1n) is 9.14. The van der Waals surface area contributed by atoms with Crippen LogP contribution in [0.15, 0.2) is 48.5 Å². The predicted molar refractivity (Wildman–Crippen MR) is 113 cm³/mol. The van der Waals surface area contributed by atoms with Gasteiger partial charge < -0.3 is 20.3 Å². The lowest BCUT2D eigenvalue weighted by Gasteiger charge is -2.18. The lowest BCUT2D eigenvalue weighted by molar-refractivity contribution is -0.116. The van der Waals surface area contributed by atoms with E-state index in [1.807, 2.05) is 13.8 Å². The molecule has 2 rings (SSSR count). The SMILES string of the molecule is CC(C)CC(=O)Nc1ccc(NC(=O)N(C)CCOc2ccc(Cl)cc2)cc1. The van der Waals surface area contributed by atoms with Gasteiger partial charge in [0.25, 0.3) is 0 Å². The quantitative estimate of drug-likeness (QED) is 0.660. The minimum Gasteiger partial charge on any atom is -0.492 e. The molecule has 0 aliphatic rings. The van der Waals surface area contributed by atoms with Gasteiger partial charge in [-0.05, 0) is 54.4 Å². The summed E-state index contributed by atoms with van der Waals surface area (Å²) in [6, 6.07) is 13.9. The number of nitrogens with zero attached hydrogens (tertiary/aromatic N) is 1. The standard InChI is InChI=1S/C21H26ClN3O3/c1-15(2)14-20(26)23-17-6-8-18(9-7-17)24-21(27)25(3)12-13-28-19-10-4-16(22)5-11-19/h4-11,15H,12-14H2,1-3H3,(H,23,26)(H,24,27). The third-order valence-electron chi connectivity index (χ3n) is 3.87. The van der Waals surface area contributed by atoms with Crippen molar-refractivity contribution in [2.75, 3.05) is 30.8 Å². The summed E-state index contributed by atoms with van der Waals surface area (Å²) in [5.74, 6) is 0.985. The normalized spacial score (nSPS) is 10.5. The Balaban J connectivity index is 1.76. The highest BCUT2D eigenvalue weighted by molar-refractivity contribution is 6.30. The second-order valence-electron chi connectivity index (χ2n) is 6.88. The molecule has 7 heteroatoms. The Hall–Kier alpha value is -2.73. The molecule has 2 aromatic rings. The summed E-state index contributed by atoms with van der Waals surface area (Å²) >= 11 is 5.83. The maximum atomic E-state index is 12.3. The monoisotopic (exact) mass is 403 g/mol. The van der Waals surface area contributed by atoms with Crippen LogP contribution in [0.4, 0.5) is 16.2 Å². The molecule has 0 aliphatic heterocycles. The van der Waals surface area contributed by atoms with Crippen LogP contribution in [-0.4, -0.2) is 37.0 Å². The van der Waals surface area contributed by atoms with E-state index in [4.69, 9.17) is 16.3 Å². The molecule has 2 aromatic carbocycles. The number of urea groups is 1. The van der Waals surface area contributed by atoms with Crippen LogP contribution >= 0.6 is 11.6 Å². The van der Waals surface area contributed by atoms with Gasteiger partial charge in [0.15, 0.2) is 0 Å². The van der Waals surface area contributed by atoms with E-state index in [0.29, 0.717) is 47.6 Å². The van der Waals surface area contributed by atoms with Gasteiger partial charge in [0.2, 0.25) is 5.91 Å². The Labute approximate surface area is 170 Å². The van der Waals surface area contributed by atoms with E-state index in [9.17, 15) is 9.59 Å². The molecule has 3 amide bonds. The second kappa shape index (κ2) is 10.6. The number of rotatable bonds is 8. The number of likely N-dealkylation sites (N-methyl/N-ethyl adjacent to an activating group) is 1. The summed E-state index contributed by atoms with van der Waals surface area (Å²) in [5.41, 5.74) is 1.35. The first-order chi connectivity index (χ1) is 13.3. The second-order valence-corrected chi connectivity index (χ2v) is 7.31. The Morgan fingerprint density at radius 1 is 1.00 bits per heavy atom. The highest BCUT2D eigenvalue weighted by Crippen LogP contribution is 2.16. The first-order valence-corrected chi connectivity index (χ1v) is 9.51. The zero-order valence-electron chi connectivity index (χ0n) is 16.4. The molecule has 0 aromatic heterocycles. The number of hydrogen-bond donors (Lipinski definition) is 2. The van der Waals surface area contributed by atoms with Gasteiger partial charge in [-0.3, -0.25) is 4.79 Å². The molecule has 0 heterocycles. The molecular weight excluding hydrogens is 378 g/mol. The van der Waals surface area contributed by atoms with Gasteiger partial charge in [-0.2, -0.15) is 0 Å². The maximum absolute atomic E-state index is 12.3. The highest BCUT2D eigenvalue weighted by atomic mass is 35.5. The number of carbonyl (C=O) groups excluding carboxylic acids is 2. The number of benzene rings is 2. The van der Waals surface area contributed by atoms with E-state index < -0.39 is 0 Å². The molecule has 0 bridgehead atoms. The summed E-state index contributed by atoms with van der Waals surface area (Å²) in [6.07, 6.45) is 0.474. The van der Waals surface area contributed by atoms with Crippen LogP contribution in [0.3, 0.4) is 0 Å². The lowest BCUT2D eigenvalue weighted by atomic mass is 10.1. The minimum atomic E-state index is -0.240. The van der Waals surface area contributed by atoms with Crippen LogP contribution in [0.2, 0.25) is 5.02 Å². The van der Waals surface area contributed by atoms with Crippen molar-refractivity contribution < 1.29 is 14.3 Å². The van der Waals surface area contributed by atoms with Crippen molar-refractivity contribution in [2.45, 2.75) is 20.3 Å². The van der Waals surface area contributed by atoms with Crippen LogP contribution < -0.4 is 15.4 Å². The van der Waals surface area contributed by atoms with Crippen LogP contribution in [-0.2, 0) is 4.79 Å². The molecule has 0 unspecified atom stereocenters. The number of carbonyl (C=O) groups is 2. The van der Waals surface area contributed by atoms with Crippen LogP contribution in [0.1, 0.15) is 20.3 Å². The van der Waals surface area contributed by atoms with E-state index in [-0.39, 0.29) is 11.9 Å². The van der Waals surface area contributed by atoms with Crippen molar-refractivity contribution >= 4 is 34.9 Å². The summed E-state index contributed by atoms with van der Waals surface area (Å²) in [4.78, 5) is 25.6. The highest BCUT2D eigenvalue weighted by Gasteiger charge is 2.10. The number of hydrogen-bond acceptors (Lipinski definition) is 3. The Morgan fingerprint density at radius 3 is 2.14 bits per heavy atom. The van der Waals surface area contributed by atoms with Gasteiger partial charge in [0.05, 0.1) is 6.54 Å². The maximum Gasteiger partial charge on any atom is 0.321 e. The molecule has 0 saturated heterocycles. The Kier molecular flexibility index (Phi) is 8.14. The fourth-order valence-corrected chi connectivity index (χ4v) is 2.50. The summed E-state index contributed by atoms with van der Waals surface area (Å²) < 4.78 is 5.59. The van der Waals surface area contributed by atoms with E-state index in [1.165, 1.54) is 4.90 Å². The number of anilines is 2. The fraction of sp³-hybridized carbons (Fsp3) is 0.333. The largest absolute Gasteiger partial charge is 0.492 e. The van der Waals surface area contributed by atoms with Gasteiger partial charge in [-0.15, -0.1) is 0 Å². The van der Waals surface area contributed by atoms with E-state index in [2.05, 4.69) is 10.6 Å². The van der Waals surface area contributed by atoms with Crippen molar-refractivity contribution in [3.05, 3.63) is 53.6 Å². The molecule has 150 valence electrons. The van der Waals surface area contributed by atoms with Crippen LogP contribution in [0.5, 0.6) is 5.75 Å². The van der Waals surface area contributed by atoms with Crippen molar-refractivity contribution in [1.29, 1.82) is 0 Å². The zero-order valence-corrected chi connectivity index (χ0v) is 17.1. The third kappa shape index (κ3) is 7.48. The summed E-state index contributed by atoms with van der Waals surface area (Å²) in [5, 5.41) is 6.30. The number of ether oxygens (including phenoxy) is 1. The van der Waals surface area contributed by atoms with Crippen LogP contribution in [0, 0.1) is 5.92 Å². The van der Waals surface area contributed by atoms with Gasteiger partial charge in [0.1, 0.15) is 12.4 Å². The van der Waals surface area contributed by atoms with Gasteiger partial charge in [-0.25, -0.2) is 4.79 Å². The van der Waals surface area contributed by atoms with Crippen LogP contribution in [0.25, 0.3) is 0 Å². The molecule has 2 N–H and O–H groups in total. The summed E-state index contributed by atoms with van der Waals surface area (Å²) in [6.45, 7) is 4.79. The van der Waals surface area contributed by atoms with Gasteiger partial charge in [0, 0.05) is 29.9 Å². The number of halogens is 1. The van der Waals surface area contributed by atoms with Crippen molar-refractivity contribution in [2.24, 2.45) is 5.92 Å². The Bertz CT molecular complexity index is 776. The van der Waals surface area contributed by atoms with E-state index >= 15 is 0 Å². The molecule has 0 atom stereocenters. The predicted octanol–water partition coefficient (Wildman–Crippen LogP) is 4.87. The molecule has 6 nitrogen and oxygen atoms in total. The average Bonchev–Trinajstić information content (AvgIpc) is 2.64. The molecule has 0 saturated carbocycles. The smallest absolute Gasteiger partial charge is 0.321 e. The fourth-order valence-electron chi connectivity index (χ4n) is 2.37. The first kappa shape index (κ1) is 21.6. The average molecular weight is 404 g/mol. The molecule has 0 aliphatic carbocycles. The van der Waals surface area contributed by atoms with E-state index in [1.54, 1.807) is 55.6 Å². The molecular formula is C21H26ClN3O3. The van der Waals surface area contributed by atoms with Crippen molar-refractivity contribution in [1.82, 2.24) is 4.90 Å². The van der Waals surface area contributed by atoms with Crippen molar-refractivity contribution in [3.63, 3.8) is 0 Å². The van der Waals surface area contributed by atoms with Gasteiger partial charge in [-0.1, -0.05) is 25.4 Å². The zero-order chi connectivity index (χ0) is 20.5. The summed E-state index contributed by atoms with van der Waals surface area (Å²) in [7, 11) is 1.70. The molecule has 0 fully saturated rings. The van der Waals surface area contributed by atoms with E-state index in [0.717, 1.165) is 0 Å². The molecule has 0 radical (unpaired) electrons. The number of nitrogens with one attached hydrogen (secondary N) is 2. The molecule has 28 heavy (non-hydrogen) atoms. The Morgan fingerprint density at radius 2 is 1.57 bits per heavy atom. The van der Waals surface area contributed by atoms with Gasteiger partial charge >= 0.3 is 6.03 Å². The topological polar surface area (TPSA) is 70.7 Å². The molecule has 0 spiro atoms. The third-order valence-corrected chi connectivity index (χ3v) is 4.12.